The zero-order valence-electron chi connectivity index (χ0n) is 59.0. The Kier molecular flexibility index (Phi) is 64.0. The van der Waals surface area contributed by atoms with Gasteiger partial charge in [0, 0.05) is 25.7 Å². The number of phosphoric ester groups is 2. The first-order chi connectivity index (χ1) is 44.0. The number of phosphoric acid groups is 2. The molecule has 0 spiro atoms. The van der Waals surface area contributed by atoms with Gasteiger partial charge in [0.2, 0.25) is 0 Å². The average molecular weight is 1340 g/mol. The number of aliphatic hydroxyl groups is 1. The molecule has 0 bridgehead atoms. The van der Waals surface area contributed by atoms with E-state index in [0.717, 1.165) is 102 Å². The lowest BCUT2D eigenvalue weighted by atomic mass is 10.0. The lowest BCUT2D eigenvalue weighted by molar-refractivity contribution is -0.161. The Morgan fingerprint density at radius 1 is 0.297 bits per heavy atom. The molecule has 0 radical (unpaired) electrons. The highest BCUT2D eigenvalue weighted by molar-refractivity contribution is 7.47. The highest BCUT2D eigenvalue weighted by Gasteiger charge is 2.30. The van der Waals surface area contributed by atoms with Gasteiger partial charge in [-0.1, -0.05) is 324 Å². The number of hydrogen-bond donors (Lipinski definition) is 3. The summed E-state index contributed by atoms with van der Waals surface area (Å²) in [6, 6.07) is 0. The number of hydrogen-bond acceptors (Lipinski definition) is 15. The van der Waals surface area contributed by atoms with Gasteiger partial charge in [-0.05, 0) is 31.6 Å². The molecule has 0 aliphatic carbocycles. The lowest BCUT2D eigenvalue weighted by Crippen LogP contribution is -2.30. The van der Waals surface area contributed by atoms with Crippen LogP contribution in [-0.2, 0) is 65.4 Å². The normalized spacial score (nSPS) is 14.0. The number of unbranched alkanes of at least 4 members (excludes halogenated alkanes) is 44. The van der Waals surface area contributed by atoms with Crippen molar-refractivity contribution in [1.29, 1.82) is 0 Å². The molecular formula is C72H140O17P2. The Balaban J connectivity index is 5.18. The summed E-state index contributed by atoms with van der Waals surface area (Å²) in [6.07, 6.45) is 52.8. The lowest BCUT2D eigenvalue weighted by Gasteiger charge is -2.21. The fraction of sp³-hybridized carbons (Fsp3) is 0.944. The predicted octanol–water partition coefficient (Wildman–Crippen LogP) is 20.9. The summed E-state index contributed by atoms with van der Waals surface area (Å²) >= 11 is 0. The van der Waals surface area contributed by atoms with Crippen LogP contribution in [0.2, 0.25) is 0 Å². The SMILES string of the molecule is CCCCCCCCCCCCCCCCCC(=O)OC[C@H](COP(=O)(O)OC[C@@H](O)COP(=O)(O)OC[C@@H](COC(=O)CCCCCCCCCC)OC(=O)CCCCCCCCCCC)OC(=O)CCCCCCCCCCCCCCCCCCC(C)C. The van der Waals surface area contributed by atoms with Gasteiger partial charge in [-0.15, -0.1) is 0 Å². The van der Waals surface area contributed by atoms with Crippen molar-refractivity contribution in [2.75, 3.05) is 39.6 Å². The summed E-state index contributed by atoms with van der Waals surface area (Å²) in [6.45, 7) is 7.25. The maximum Gasteiger partial charge on any atom is 0.472 e. The van der Waals surface area contributed by atoms with E-state index in [9.17, 15) is 43.2 Å². The minimum atomic E-state index is -4.95. The summed E-state index contributed by atoms with van der Waals surface area (Å²) in [7, 11) is -9.89. The Hall–Kier alpha value is -1.94. The standard InChI is InChI=1S/C72H140O17P2/c1-6-9-12-15-18-21-22-23-26-30-33-37-41-46-51-56-70(75)83-62-68(89-72(77)58-53-48-43-38-34-31-28-25-24-27-29-32-36-39-44-49-54-65(4)5)64-87-91(80,81)85-60-66(73)59-84-90(78,79)86-63-67(61-82-69(74)55-50-45-40-20-17-14-11-8-3)88-71(76)57-52-47-42-35-19-16-13-10-7-2/h65-68,73H,6-64H2,1-5H3,(H,78,79)(H,80,81)/t66-,67+,68+/m0/s1. The number of esters is 4. The minimum absolute atomic E-state index is 0.106. The van der Waals surface area contributed by atoms with Crippen LogP contribution in [0.5, 0.6) is 0 Å². The molecule has 0 rings (SSSR count). The van der Waals surface area contributed by atoms with Crippen molar-refractivity contribution in [3.05, 3.63) is 0 Å². The molecule has 17 nitrogen and oxygen atoms in total. The Bertz CT molecular complexity index is 1750. The van der Waals surface area contributed by atoms with E-state index in [1.54, 1.807) is 0 Å². The molecule has 0 heterocycles. The smallest absolute Gasteiger partial charge is 0.462 e. The van der Waals surface area contributed by atoms with Crippen molar-refractivity contribution >= 4 is 39.5 Å². The van der Waals surface area contributed by atoms with Gasteiger partial charge in [-0.2, -0.15) is 0 Å². The third kappa shape index (κ3) is 66.5. The number of aliphatic hydroxyl groups excluding tert-OH is 1. The topological polar surface area (TPSA) is 237 Å². The van der Waals surface area contributed by atoms with Crippen molar-refractivity contribution in [3.8, 4) is 0 Å². The van der Waals surface area contributed by atoms with E-state index >= 15 is 0 Å². The molecule has 0 fully saturated rings. The van der Waals surface area contributed by atoms with Gasteiger partial charge in [-0.25, -0.2) is 9.13 Å². The van der Waals surface area contributed by atoms with Crippen LogP contribution in [0, 0.1) is 5.92 Å². The second-order valence-corrected chi connectivity index (χ2v) is 29.4. The van der Waals surface area contributed by atoms with Gasteiger partial charge in [0.15, 0.2) is 12.2 Å². The highest BCUT2D eigenvalue weighted by atomic mass is 31.2. The molecule has 0 saturated heterocycles. The van der Waals surface area contributed by atoms with E-state index in [0.29, 0.717) is 25.7 Å². The van der Waals surface area contributed by atoms with Crippen LogP contribution in [-0.4, -0.2) is 96.7 Å². The van der Waals surface area contributed by atoms with E-state index < -0.39 is 97.5 Å². The molecule has 0 aromatic heterocycles. The molecule has 3 N–H and O–H groups in total. The Morgan fingerprint density at radius 3 is 0.747 bits per heavy atom. The first-order valence-corrected chi connectivity index (χ1v) is 40.6. The first kappa shape index (κ1) is 89.1. The summed E-state index contributed by atoms with van der Waals surface area (Å²) in [4.78, 5) is 72.5. The van der Waals surface area contributed by atoms with Crippen molar-refractivity contribution in [1.82, 2.24) is 0 Å². The molecule has 0 aliphatic heterocycles. The largest absolute Gasteiger partial charge is 0.472 e. The van der Waals surface area contributed by atoms with Crippen LogP contribution >= 0.6 is 15.6 Å². The van der Waals surface area contributed by atoms with Gasteiger partial charge in [0.05, 0.1) is 26.4 Å². The monoisotopic (exact) mass is 1340 g/mol. The Labute approximate surface area is 556 Å². The predicted molar refractivity (Wildman–Crippen MR) is 368 cm³/mol. The van der Waals surface area contributed by atoms with Crippen LogP contribution in [0.4, 0.5) is 0 Å². The van der Waals surface area contributed by atoms with Gasteiger partial charge in [-0.3, -0.25) is 37.3 Å². The molecule has 540 valence electrons. The third-order valence-corrected chi connectivity index (χ3v) is 18.7. The zero-order chi connectivity index (χ0) is 67.0. The molecule has 0 saturated carbocycles. The average Bonchev–Trinajstić information content (AvgIpc) is 3.36. The van der Waals surface area contributed by atoms with Gasteiger partial charge in [0.1, 0.15) is 19.3 Å². The second kappa shape index (κ2) is 65.4. The molecule has 0 aromatic rings. The molecule has 0 amide bonds. The molecule has 19 heteroatoms. The maximum absolute atomic E-state index is 13.0. The second-order valence-electron chi connectivity index (χ2n) is 26.5. The fourth-order valence-electron chi connectivity index (χ4n) is 11.0. The van der Waals surface area contributed by atoms with Crippen molar-refractivity contribution in [2.45, 2.75) is 393 Å². The van der Waals surface area contributed by atoms with Gasteiger partial charge >= 0.3 is 39.5 Å². The summed E-state index contributed by atoms with van der Waals surface area (Å²) in [5, 5.41) is 10.6. The van der Waals surface area contributed by atoms with Crippen LogP contribution in [0.25, 0.3) is 0 Å². The molecule has 0 aliphatic rings. The number of carbonyl (C=O) groups is 4. The summed E-state index contributed by atoms with van der Waals surface area (Å²) < 4.78 is 68.2. The molecule has 0 aromatic carbocycles. The van der Waals surface area contributed by atoms with E-state index in [1.807, 2.05) is 0 Å². The van der Waals surface area contributed by atoms with Crippen molar-refractivity contribution < 1.29 is 80.2 Å². The van der Waals surface area contributed by atoms with Crippen LogP contribution in [0.1, 0.15) is 375 Å². The molecule has 2 unspecified atom stereocenters. The molecular weight excluding hydrogens is 1200 g/mol. The van der Waals surface area contributed by atoms with E-state index in [-0.39, 0.29) is 25.7 Å². The first-order valence-electron chi connectivity index (χ1n) is 37.6. The summed E-state index contributed by atoms with van der Waals surface area (Å²) in [5.41, 5.74) is 0. The van der Waals surface area contributed by atoms with Gasteiger partial charge < -0.3 is 33.8 Å². The highest BCUT2D eigenvalue weighted by Crippen LogP contribution is 2.45. The zero-order valence-corrected chi connectivity index (χ0v) is 60.8. The number of ether oxygens (including phenoxy) is 4. The van der Waals surface area contributed by atoms with E-state index in [2.05, 4.69) is 34.6 Å². The van der Waals surface area contributed by atoms with Crippen LogP contribution in [0.3, 0.4) is 0 Å². The van der Waals surface area contributed by atoms with E-state index in [1.165, 1.54) is 193 Å². The number of carbonyl (C=O) groups excluding carboxylic acids is 4. The third-order valence-electron chi connectivity index (χ3n) is 16.8. The van der Waals surface area contributed by atoms with Crippen molar-refractivity contribution in [2.24, 2.45) is 5.92 Å². The quantitative estimate of drug-likeness (QED) is 0.0222. The van der Waals surface area contributed by atoms with Crippen LogP contribution in [0.15, 0.2) is 0 Å². The maximum atomic E-state index is 13.0. The summed E-state index contributed by atoms with van der Waals surface area (Å²) in [5.74, 6) is -1.31. The minimum Gasteiger partial charge on any atom is -0.462 e. The Morgan fingerprint density at radius 2 is 0.505 bits per heavy atom. The fourth-order valence-corrected chi connectivity index (χ4v) is 12.6. The number of rotatable bonds is 72. The van der Waals surface area contributed by atoms with Crippen molar-refractivity contribution in [3.63, 3.8) is 0 Å². The van der Waals surface area contributed by atoms with E-state index in [4.69, 9.17) is 37.0 Å². The molecule has 5 atom stereocenters. The van der Waals surface area contributed by atoms with Gasteiger partial charge in [0.25, 0.3) is 0 Å². The molecule has 91 heavy (non-hydrogen) atoms. The van der Waals surface area contributed by atoms with Crippen LogP contribution < -0.4 is 0 Å².